The summed E-state index contributed by atoms with van der Waals surface area (Å²) >= 11 is 0. The minimum Gasteiger partial charge on any atom is -0.487 e. The predicted octanol–water partition coefficient (Wildman–Crippen LogP) is 3.82. The molecular formula is C27H26N4O3. The highest BCUT2D eigenvalue weighted by Gasteiger charge is 2.25. The van der Waals surface area contributed by atoms with E-state index in [1.807, 2.05) is 78.3 Å². The van der Waals surface area contributed by atoms with E-state index in [4.69, 9.17) is 4.74 Å². The second-order valence-corrected chi connectivity index (χ2v) is 8.42. The summed E-state index contributed by atoms with van der Waals surface area (Å²) in [6.45, 7) is 4.39. The lowest BCUT2D eigenvalue weighted by molar-refractivity contribution is 0.0535. The quantitative estimate of drug-likeness (QED) is 0.460. The minimum absolute atomic E-state index is 0.00485. The molecule has 1 aliphatic heterocycles. The molecule has 0 atom stereocenters. The zero-order valence-corrected chi connectivity index (χ0v) is 19.1. The van der Waals surface area contributed by atoms with Gasteiger partial charge >= 0.3 is 0 Å². The van der Waals surface area contributed by atoms with E-state index in [9.17, 15) is 9.59 Å². The van der Waals surface area contributed by atoms with Crippen molar-refractivity contribution in [1.82, 2.24) is 19.2 Å². The molecule has 0 N–H and O–H groups in total. The molecule has 7 nitrogen and oxygen atoms in total. The number of amides is 2. The van der Waals surface area contributed by atoms with Crippen LogP contribution >= 0.6 is 0 Å². The predicted molar refractivity (Wildman–Crippen MR) is 129 cm³/mol. The van der Waals surface area contributed by atoms with Crippen LogP contribution in [0.2, 0.25) is 0 Å². The molecule has 0 aliphatic carbocycles. The first-order valence-electron chi connectivity index (χ1n) is 11.4. The number of nitrogens with zero attached hydrogens (tertiary/aromatic N) is 4. The Bertz CT molecular complexity index is 1320. The maximum atomic E-state index is 13.1. The summed E-state index contributed by atoms with van der Waals surface area (Å²) in [5, 5.41) is 0. The summed E-state index contributed by atoms with van der Waals surface area (Å²) in [6.07, 6.45) is 3.92. The zero-order chi connectivity index (χ0) is 23.5. The maximum Gasteiger partial charge on any atom is 0.254 e. The molecule has 2 amide bonds. The number of ether oxygens (including phenoxy) is 1. The molecule has 34 heavy (non-hydrogen) atoms. The van der Waals surface area contributed by atoms with E-state index in [0.717, 1.165) is 16.9 Å². The van der Waals surface area contributed by atoms with Gasteiger partial charge in [-0.1, -0.05) is 30.3 Å². The Balaban J connectivity index is 1.20. The summed E-state index contributed by atoms with van der Waals surface area (Å²) < 4.78 is 7.92. The molecular weight excluding hydrogens is 428 g/mol. The highest BCUT2D eigenvalue weighted by Crippen LogP contribution is 2.19. The number of aryl methyl sites for hydroxylation is 1. The van der Waals surface area contributed by atoms with E-state index < -0.39 is 0 Å². The standard InChI is InChI=1S/C27H26N4O3/c1-20-7-6-12-31-18-23(28-25(20)31)19-34-24-11-5-10-22(17-24)27(33)30-15-13-29(14-16-30)26(32)21-8-3-2-4-9-21/h2-12,17-18H,13-16,19H2,1H3. The lowest BCUT2D eigenvalue weighted by Gasteiger charge is -2.35. The molecule has 7 heteroatoms. The van der Waals surface area contributed by atoms with Gasteiger partial charge in [-0.2, -0.15) is 0 Å². The van der Waals surface area contributed by atoms with Crippen molar-refractivity contribution in [1.29, 1.82) is 0 Å². The van der Waals surface area contributed by atoms with Crippen molar-refractivity contribution in [3.05, 3.63) is 102 Å². The van der Waals surface area contributed by atoms with E-state index in [-0.39, 0.29) is 11.8 Å². The van der Waals surface area contributed by atoms with Gasteiger partial charge in [-0.05, 0) is 48.9 Å². The van der Waals surface area contributed by atoms with Gasteiger partial charge in [-0.25, -0.2) is 4.98 Å². The van der Waals surface area contributed by atoms with Crippen LogP contribution in [0.4, 0.5) is 0 Å². The van der Waals surface area contributed by atoms with Crippen molar-refractivity contribution in [2.45, 2.75) is 13.5 Å². The van der Waals surface area contributed by atoms with Crippen LogP contribution in [-0.2, 0) is 6.61 Å². The van der Waals surface area contributed by atoms with Crippen LogP contribution in [0.15, 0.2) is 79.1 Å². The van der Waals surface area contributed by atoms with Gasteiger partial charge in [0.25, 0.3) is 11.8 Å². The molecule has 172 valence electrons. The Morgan fingerprint density at radius 2 is 1.53 bits per heavy atom. The first kappa shape index (κ1) is 21.7. The Morgan fingerprint density at radius 1 is 0.853 bits per heavy atom. The number of benzene rings is 2. The fourth-order valence-corrected chi connectivity index (χ4v) is 4.21. The number of hydrogen-bond donors (Lipinski definition) is 0. The average Bonchev–Trinajstić information content (AvgIpc) is 3.32. The Labute approximate surface area is 198 Å². The number of imidazole rings is 1. The number of pyridine rings is 1. The Morgan fingerprint density at radius 3 is 2.24 bits per heavy atom. The molecule has 0 spiro atoms. The largest absolute Gasteiger partial charge is 0.487 e. The Kier molecular flexibility index (Phi) is 5.99. The first-order chi connectivity index (χ1) is 16.6. The van der Waals surface area contributed by atoms with Crippen LogP contribution in [0.1, 0.15) is 32.0 Å². The molecule has 1 aliphatic rings. The second-order valence-electron chi connectivity index (χ2n) is 8.42. The molecule has 2 aromatic carbocycles. The molecule has 0 radical (unpaired) electrons. The summed E-state index contributed by atoms with van der Waals surface area (Å²) in [4.78, 5) is 34.0. The van der Waals surface area contributed by atoms with Gasteiger partial charge < -0.3 is 18.9 Å². The normalized spacial score (nSPS) is 13.8. The summed E-state index contributed by atoms with van der Waals surface area (Å²) in [5.41, 5.74) is 4.09. The van der Waals surface area contributed by atoms with Crippen molar-refractivity contribution in [3.8, 4) is 5.75 Å². The van der Waals surface area contributed by atoms with E-state index in [2.05, 4.69) is 4.98 Å². The molecule has 5 rings (SSSR count). The molecule has 1 saturated heterocycles. The van der Waals surface area contributed by atoms with Gasteiger partial charge in [0.2, 0.25) is 0 Å². The number of hydrogen-bond acceptors (Lipinski definition) is 4. The van der Waals surface area contributed by atoms with Gasteiger partial charge in [-0.3, -0.25) is 9.59 Å². The lowest BCUT2D eigenvalue weighted by Crippen LogP contribution is -2.50. The number of carbonyl (C=O) groups is 2. The molecule has 0 bridgehead atoms. The van der Waals surface area contributed by atoms with Gasteiger partial charge in [0.1, 0.15) is 18.0 Å². The number of rotatable bonds is 5. The molecule has 4 aromatic rings. The number of aromatic nitrogens is 2. The molecule has 2 aromatic heterocycles. The van der Waals surface area contributed by atoms with Crippen LogP contribution in [0.25, 0.3) is 5.65 Å². The van der Waals surface area contributed by atoms with Crippen molar-refractivity contribution >= 4 is 17.5 Å². The summed E-state index contributed by atoms with van der Waals surface area (Å²) in [7, 11) is 0. The van der Waals surface area contributed by atoms with Gasteiger partial charge in [0, 0.05) is 49.7 Å². The van der Waals surface area contributed by atoms with Crippen molar-refractivity contribution < 1.29 is 14.3 Å². The number of carbonyl (C=O) groups excluding carboxylic acids is 2. The van der Waals surface area contributed by atoms with Crippen LogP contribution in [0.5, 0.6) is 5.75 Å². The maximum absolute atomic E-state index is 13.1. The van der Waals surface area contributed by atoms with Gasteiger partial charge in [0.15, 0.2) is 0 Å². The van der Waals surface area contributed by atoms with Crippen molar-refractivity contribution in [2.24, 2.45) is 0 Å². The Hall–Kier alpha value is -4.13. The van der Waals surface area contributed by atoms with Crippen LogP contribution < -0.4 is 4.74 Å². The third-order valence-corrected chi connectivity index (χ3v) is 6.07. The third-order valence-electron chi connectivity index (χ3n) is 6.07. The third kappa shape index (κ3) is 4.50. The number of fused-ring (bicyclic) bond motifs is 1. The SMILES string of the molecule is Cc1cccn2cc(COc3cccc(C(=O)N4CCN(C(=O)c5ccccc5)CC4)c3)nc12. The highest BCUT2D eigenvalue weighted by molar-refractivity contribution is 5.96. The zero-order valence-electron chi connectivity index (χ0n) is 19.1. The topological polar surface area (TPSA) is 67.2 Å². The monoisotopic (exact) mass is 454 g/mol. The van der Waals surface area contributed by atoms with Crippen molar-refractivity contribution in [2.75, 3.05) is 26.2 Å². The van der Waals surface area contributed by atoms with Crippen molar-refractivity contribution in [3.63, 3.8) is 0 Å². The summed E-state index contributed by atoms with van der Waals surface area (Å²) in [5.74, 6) is 0.573. The van der Waals surface area contributed by atoms with Crippen LogP contribution in [0, 0.1) is 6.92 Å². The van der Waals surface area contributed by atoms with Gasteiger partial charge in [-0.15, -0.1) is 0 Å². The van der Waals surface area contributed by atoms with Crippen LogP contribution in [-0.4, -0.2) is 57.2 Å². The highest BCUT2D eigenvalue weighted by atomic mass is 16.5. The lowest BCUT2D eigenvalue weighted by atomic mass is 10.1. The minimum atomic E-state index is -0.0550. The summed E-state index contributed by atoms with van der Waals surface area (Å²) in [6, 6.07) is 20.5. The average molecular weight is 455 g/mol. The van der Waals surface area contributed by atoms with E-state index >= 15 is 0 Å². The fourth-order valence-electron chi connectivity index (χ4n) is 4.21. The van der Waals surface area contributed by atoms with Gasteiger partial charge in [0.05, 0.1) is 5.69 Å². The molecule has 1 fully saturated rings. The number of piperazine rings is 1. The molecule has 0 saturated carbocycles. The fraction of sp³-hybridized carbons (Fsp3) is 0.222. The second kappa shape index (κ2) is 9.39. The molecule has 0 unspecified atom stereocenters. The molecule has 3 heterocycles. The van der Waals surface area contributed by atoms with E-state index in [1.165, 1.54) is 0 Å². The van der Waals surface area contributed by atoms with Crippen LogP contribution in [0.3, 0.4) is 0 Å². The smallest absolute Gasteiger partial charge is 0.254 e. The first-order valence-corrected chi connectivity index (χ1v) is 11.4. The van der Waals surface area contributed by atoms with E-state index in [1.54, 1.807) is 21.9 Å². The van der Waals surface area contributed by atoms with E-state index in [0.29, 0.717) is 49.7 Å².